The summed E-state index contributed by atoms with van der Waals surface area (Å²) in [6.45, 7) is 6.93. The number of amides is 1. The summed E-state index contributed by atoms with van der Waals surface area (Å²) in [5.41, 5.74) is 1.59. The highest BCUT2D eigenvalue weighted by atomic mass is 16.5. The van der Waals surface area contributed by atoms with E-state index in [9.17, 15) is 4.79 Å². The summed E-state index contributed by atoms with van der Waals surface area (Å²) in [4.78, 5) is 18.5. The molecule has 0 bridgehead atoms. The fraction of sp³-hybridized carbons (Fsp3) is 0.421. The zero-order valence-electron chi connectivity index (χ0n) is 15.5. The van der Waals surface area contributed by atoms with Crippen molar-refractivity contribution in [3.63, 3.8) is 0 Å². The van der Waals surface area contributed by atoms with E-state index >= 15 is 0 Å². The summed E-state index contributed by atoms with van der Waals surface area (Å²) in [6.07, 6.45) is 3.48. The Labute approximate surface area is 152 Å². The van der Waals surface area contributed by atoms with Crippen LogP contribution in [0.3, 0.4) is 0 Å². The molecular formula is C19H24N4O3. The molecule has 1 amide bonds. The van der Waals surface area contributed by atoms with Gasteiger partial charge in [-0.2, -0.15) is 4.98 Å². The van der Waals surface area contributed by atoms with Gasteiger partial charge >= 0.3 is 0 Å². The Morgan fingerprint density at radius 2 is 2.15 bits per heavy atom. The standard InChI is InChI=1S/C19H24N4O3/c1-13(2)12-25-14(3)18-20-17(26-21-18)11-22(4)19(24)15-9-16-7-5-6-8-23(16)10-15/h5-10,13-14H,11-12H2,1-4H3. The monoisotopic (exact) mass is 356 g/mol. The molecule has 0 saturated carbocycles. The fourth-order valence-electron chi connectivity index (χ4n) is 2.58. The lowest BCUT2D eigenvalue weighted by Gasteiger charge is -2.13. The molecule has 3 aromatic heterocycles. The number of pyridine rings is 1. The van der Waals surface area contributed by atoms with E-state index in [4.69, 9.17) is 9.26 Å². The Balaban J connectivity index is 1.64. The Bertz CT molecular complexity index is 851. The summed E-state index contributed by atoms with van der Waals surface area (Å²) in [6, 6.07) is 7.68. The number of rotatable bonds is 7. The molecule has 0 aliphatic rings. The molecule has 0 fully saturated rings. The molecule has 26 heavy (non-hydrogen) atoms. The second-order valence-corrected chi connectivity index (χ2v) is 6.84. The summed E-state index contributed by atoms with van der Waals surface area (Å²) in [5, 5.41) is 3.96. The van der Waals surface area contributed by atoms with Gasteiger partial charge in [0.05, 0.1) is 12.1 Å². The van der Waals surface area contributed by atoms with Crippen LogP contribution in [0.1, 0.15) is 48.9 Å². The van der Waals surface area contributed by atoms with Crippen molar-refractivity contribution in [3.8, 4) is 0 Å². The summed E-state index contributed by atoms with van der Waals surface area (Å²) < 4.78 is 12.9. The first kappa shape index (κ1) is 18.1. The maximum absolute atomic E-state index is 12.6. The highest BCUT2D eigenvalue weighted by Gasteiger charge is 2.19. The molecule has 1 unspecified atom stereocenters. The van der Waals surface area contributed by atoms with Gasteiger partial charge < -0.3 is 18.6 Å². The molecule has 0 aromatic carbocycles. The maximum atomic E-state index is 12.6. The number of carbonyl (C=O) groups excluding carboxylic acids is 1. The summed E-state index contributed by atoms with van der Waals surface area (Å²) >= 11 is 0. The van der Waals surface area contributed by atoms with Crippen LogP contribution < -0.4 is 0 Å². The molecule has 3 rings (SSSR count). The van der Waals surface area contributed by atoms with Crippen molar-refractivity contribution >= 4 is 11.4 Å². The highest BCUT2D eigenvalue weighted by Crippen LogP contribution is 2.16. The van der Waals surface area contributed by atoms with Crippen molar-refractivity contribution in [1.82, 2.24) is 19.4 Å². The zero-order chi connectivity index (χ0) is 18.7. The molecular weight excluding hydrogens is 332 g/mol. The average molecular weight is 356 g/mol. The molecule has 1 atom stereocenters. The Morgan fingerprint density at radius 3 is 2.88 bits per heavy atom. The predicted molar refractivity (Wildman–Crippen MR) is 96.7 cm³/mol. The quantitative estimate of drug-likeness (QED) is 0.649. The molecule has 0 spiro atoms. The largest absolute Gasteiger partial charge is 0.370 e. The van der Waals surface area contributed by atoms with Gasteiger partial charge in [-0.25, -0.2) is 0 Å². The second kappa shape index (κ2) is 7.70. The van der Waals surface area contributed by atoms with E-state index in [0.717, 1.165) is 5.52 Å². The number of hydrogen-bond donors (Lipinski definition) is 0. The van der Waals surface area contributed by atoms with Gasteiger partial charge in [-0.3, -0.25) is 4.79 Å². The van der Waals surface area contributed by atoms with Gasteiger partial charge in [0.25, 0.3) is 5.91 Å². The van der Waals surface area contributed by atoms with Crippen LogP contribution in [0.2, 0.25) is 0 Å². The van der Waals surface area contributed by atoms with Crippen molar-refractivity contribution in [2.45, 2.75) is 33.4 Å². The normalized spacial score (nSPS) is 12.7. The molecule has 7 nitrogen and oxygen atoms in total. The minimum atomic E-state index is -0.243. The number of fused-ring (bicyclic) bond motifs is 1. The van der Waals surface area contributed by atoms with Crippen LogP contribution in [0.15, 0.2) is 41.2 Å². The average Bonchev–Trinajstić information content (AvgIpc) is 3.25. The number of aromatic nitrogens is 3. The van der Waals surface area contributed by atoms with Gasteiger partial charge in [0.15, 0.2) is 5.82 Å². The van der Waals surface area contributed by atoms with Crippen LogP contribution in [-0.2, 0) is 11.3 Å². The molecule has 138 valence electrons. The Morgan fingerprint density at radius 1 is 1.35 bits per heavy atom. The van der Waals surface area contributed by atoms with Crippen molar-refractivity contribution in [2.24, 2.45) is 5.92 Å². The van der Waals surface area contributed by atoms with Gasteiger partial charge in [0, 0.05) is 31.6 Å². The molecule has 3 heterocycles. The lowest BCUT2D eigenvalue weighted by molar-refractivity contribution is 0.0402. The molecule has 3 aromatic rings. The van der Waals surface area contributed by atoms with Crippen molar-refractivity contribution in [1.29, 1.82) is 0 Å². The van der Waals surface area contributed by atoms with Crippen molar-refractivity contribution in [3.05, 3.63) is 53.9 Å². The number of ether oxygens (including phenoxy) is 1. The first-order chi connectivity index (χ1) is 12.4. The van der Waals surface area contributed by atoms with Crippen LogP contribution in [0.25, 0.3) is 5.52 Å². The molecule has 0 N–H and O–H groups in total. The van der Waals surface area contributed by atoms with Gasteiger partial charge in [-0.15, -0.1) is 0 Å². The lowest BCUT2D eigenvalue weighted by atomic mass is 10.2. The van der Waals surface area contributed by atoms with E-state index in [-0.39, 0.29) is 18.6 Å². The first-order valence-corrected chi connectivity index (χ1v) is 8.70. The maximum Gasteiger partial charge on any atom is 0.255 e. The van der Waals surface area contributed by atoms with Gasteiger partial charge in [0.2, 0.25) is 5.89 Å². The predicted octanol–water partition coefficient (Wildman–Crippen LogP) is 3.33. The van der Waals surface area contributed by atoms with Gasteiger partial charge in [-0.1, -0.05) is 25.1 Å². The SMILES string of the molecule is CC(C)COC(C)c1noc(CN(C)C(=O)c2cc3ccccn3c2)n1. The third kappa shape index (κ3) is 4.11. The smallest absolute Gasteiger partial charge is 0.255 e. The van der Waals surface area contributed by atoms with Crippen LogP contribution in [0.5, 0.6) is 0 Å². The van der Waals surface area contributed by atoms with Crippen LogP contribution in [0, 0.1) is 5.92 Å². The number of nitrogens with zero attached hydrogens (tertiary/aromatic N) is 4. The molecule has 0 aliphatic heterocycles. The number of hydrogen-bond acceptors (Lipinski definition) is 5. The highest BCUT2D eigenvalue weighted by molar-refractivity contribution is 5.95. The lowest BCUT2D eigenvalue weighted by Crippen LogP contribution is -2.26. The van der Waals surface area contributed by atoms with E-state index in [1.807, 2.05) is 48.0 Å². The van der Waals surface area contributed by atoms with E-state index in [1.54, 1.807) is 11.9 Å². The van der Waals surface area contributed by atoms with E-state index in [1.165, 1.54) is 0 Å². The molecule has 0 radical (unpaired) electrons. The zero-order valence-corrected chi connectivity index (χ0v) is 15.5. The fourth-order valence-corrected chi connectivity index (χ4v) is 2.58. The first-order valence-electron chi connectivity index (χ1n) is 8.70. The molecule has 7 heteroatoms. The Kier molecular flexibility index (Phi) is 5.37. The van der Waals surface area contributed by atoms with E-state index in [2.05, 4.69) is 24.0 Å². The summed E-state index contributed by atoms with van der Waals surface area (Å²) in [7, 11) is 1.72. The topological polar surface area (TPSA) is 72.9 Å². The third-order valence-corrected chi connectivity index (χ3v) is 4.00. The van der Waals surface area contributed by atoms with Crippen LogP contribution in [-0.4, -0.2) is 39.0 Å². The minimum Gasteiger partial charge on any atom is -0.370 e. The third-order valence-electron chi connectivity index (χ3n) is 4.00. The van der Waals surface area contributed by atoms with Crippen molar-refractivity contribution < 1.29 is 14.1 Å². The number of carbonyl (C=O) groups is 1. The van der Waals surface area contributed by atoms with E-state index < -0.39 is 0 Å². The van der Waals surface area contributed by atoms with Crippen LogP contribution >= 0.6 is 0 Å². The van der Waals surface area contributed by atoms with Gasteiger partial charge in [-0.05, 0) is 31.0 Å². The molecule has 0 saturated heterocycles. The van der Waals surface area contributed by atoms with Crippen LogP contribution in [0.4, 0.5) is 0 Å². The Hall–Kier alpha value is -2.67. The minimum absolute atomic E-state index is 0.0995. The second-order valence-electron chi connectivity index (χ2n) is 6.84. The van der Waals surface area contributed by atoms with Crippen molar-refractivity contribution in [2.75, 3.05) is 13.7 Å². The van der Waals surface area contributed by atoms with E-state index in [0.29, 0.717) is 29.8 Å². The summed E-state index contributed by atoms with van der Waals surface area (Å²) in [5.74, 6) is 1.22. The van der Waals surface area contributed by atoms with Gasteiger partial charge in [0.1, 0.15) is 6.10 Å². The molecule has 0 aliphatic carbocycles.